The van der Waals surface area contributed by atoms with E-state index in [1.165, 1.54) is 0 Å². The van der Waals surface area contributed by atoms with Crippen LogP contribution in [-0.2, 0) is 0 Å². The van der Waals surface area contributed by atoms with E-state index in [4.69, 9.17) is 5.26 Å². The van der Waals surface area contributed by atoms with Gasteiger partial charge in [-0.3, -0.25) is 0 Å². The molecule has 0 aromatic heterocycles. The highest BCUT2D eigenvalue weighted by Crippen LogP contribution is 2.41. The van der Waals surface area contributed by atoms with Crippen molar-refractivity contribution >= 4 is 0 Å². The van der Waals surface area contributed by atoms with Gasteiger partial charge in [0.25, 0.3) is 0 Å². The largest absolute Gasteiger partial charge is 0.507 e. The summed E-state index contributed by atoms with van der Waals surface area (Å²) in [4.78, 5) is 0. The first-order valence-electron chi connectivity index (χ1n) is 8.74. The highest BCUT2D eigenvalue weighted by Gasteiger charge is 2.14. The van der Waals surface area contributed by atoms with E-state index in [1.807, 2.05) is 97.1 Å². The molecule has 0 aliphatic heterocycles. The zero-order valence-electron chi connectivity index (χ0n) is 14.6. The summed E-state index contributed by atoms with van der Waals surface area (Å²) in [5.41, 5.74) is 6.13. The summed E-state index contributed by atoms with van der Waals surface area (Å²) in [7, 11) is 0. The van der Waals surface area contributed by atoms with Gasteiger partial charge in [0, 0.05) is 11.1 Å². The van der Waals surface area contributed by atoms with Crippen molar-refractivity contribution in [1.29, 1.82) is 5.26 Å². The van der Waals surface area contributed by atoms with Crippen LogP contribution >= 0.6 is 0 Å². The van der Waals surface area contributed by atoms with Crippen molar-refractivity contribution in [3.05, 3.63) is 103 Å². The van der Waals surface area contributed by atoms with Crippen molar-refractivity contribution < 1.29 is 5.11 Å². The molecule has 4 aromatic carbocycles. The lowest BCUT2D eigenvalue weighted by molar-refractivity contribution is 0.479. The molecule has 0 heterocycles. The molecule has 0 bridgehead atoms. The maximum atomic E-state index is 11.0. The van der Waals surface area contributed by atoms with Crippen LogP contribution in [0.5, 0.6) is 5.75 Å². The van der Waals surface area contributed by atoms with E-state index in [9.17, 15) is 5.11 Å². The molecule has 0 saturated heterocycles. The van der Waals surface area contributed by atoms with Crippen molar-refractivity contribution in [2.75, 3.05) is 0 Å². The van der Waals surface area contributed by atoms with Gasteiger partial charge in [-0.15, -0.1) is 0 Å². The minimum Gasteiger partial charge on any atom is -0.507 e. The second-order valence-electron chi connectivity index (χ2n) is 6.34. The zero-order chi connectivity index (χ0) is 18.6. The van der Waals surface area contributed by atoms with Gasteiger partial charge in [-0.05, 0) is 46.5 Å². The Bertz CT molecular complexity index is 1050. The topological polar surface area (TPSA) is 44.0 Å². The van der Waals surface area contributed by atoms with Crippen LogP contribution in [-0.4, -0.2) is 5.11 Å². The molecule has 0 aliphatic carbocycles. The summed E-state index contributed by atoms with van der Waals surface area (Å²) in [6.07, 6.45) is 0. The van der Waals surface area contributed by atoms with Crippen LogP contribution in [0.4, 0.5) is 0 Å². The minimum absolute atomic E-state index is 0.268. The van der Waals surface area contributed by atoms with Crippen LogP contribution in [0, 0.1) is 11.3 Å². The summed E-state index contributed by atoms with van der Waals surface area (Å²) in [5.74, 6) is 0.268. The molecule has 128 valence electrons. The molecule has 4 rings (SSSR count). The molecule has 27 heavy (non-hydrogen) atoms. The van der Waals surface area contributed by atoms with Crippen LogP contribution in [0.3, 0.4) is 0 Å². The Hall–Kier alpha value is -3.83. The van der Waals surface area contributed by atoms with Gasteiger partial charge < -0.3 is 5.11 Å². The number of phenolic OH excluding ortho intramolecular Hbond substituents is 1. The number of hydrogen-bond donors (Lipinski definition) is 1. The lowest BCUT2D eigenvalue weighted by Gasteiger charge is -2.14. The van der Waals surface area contributed by atoms with Gasteiger partial charge in [-0.1, -0.05) is 72.8 Å². The van der Waals surface area contributed by atoms with Gasteiger partial charge in [0.2, 0.25) is 0 Å². The second-order valence-corrected chi connectivity index (χ2v) is 6.34. The first kappa shape index (κ1) is 16.6. The van der Waals surface area contributed by atoms with Crippen molar-refractivity contribution in [2.45, 2.75) is 0 Å². The quantitative estimate of drug-likeness (QED) is 0.475. The van der Waals surface area contributed by atoms with Crippen LogP contribution in [0.15, 0.2) is 97.1 Å². The van der Waals surface area contributed by atoms with Crippen LogP contribution in [0.25, 0.3) is 33.4 Å². The van der Waals surface area contributed by atoms with Gasteiger partial charge >= 0.3 is 0 Å². The highest BCUT2D eigenvalue weighted by molar-refractivity contribution is 5.87. The Balaban J connectivity index is 1.95. The fraction of sp³-hybridized carbons (Fsp3) is 0. The predicted octanol–water partition coefficient (Wildman–Crippen LogP) is 6.26. The third-order valence-corrected chi connectivity index (χ3v) is 4.63. The Morgan fingerprint density at radius 3 is 1.48 bits per heavy atom. The Morgan fingerprint density at radius 2 is 1.04 bits per heavy atom. The fourth-order valence-electron chi connectivity index (χ4n) is 3.21. The molecule has 0 saturated carbocycles. The number of nitrogens with zero attached hydrogens (tertiary/aromatic N) is 1. The lowest BCUT2D eigenvalue weighted by atomic mass is 9.92. The maximum Gasteiger partial charge on any atom is 0.131 e. The van der Waals surface area contributed by atoms with Gasteiger partial charge in [0.15, 0.2) is 0 Å². The van der Waals surface area contributed by atoms with E-state index in [0.717, 1.165) is 33.4 Å². The van der Waals surface area contributed by atoms with Gasteiger partial charge in [-0.25, -0.2) is 0 Å². The molecular formula is C25H17NO. The van der Waals surface area contributed by atoms with Gasteiger partial charge in [0.1, 0.15) is 5.75 Å². The smallest absolute Gasteiger partial charge is 0.131 e. The third kappa shape index (κ3) is 3.31. The summed E-state index contributed by atoms with van der Waals surface area (Å²) in [6, 6.07) is 33.4. The molecule has 0 radical (unpaired) electrons. The minimum atomic E-state index is 0.268. The van der Waals surface area contributed by atoms with E-state index < -0.39 is 0 Å². The Morgan fingerprint density at radius 1 is 0.556 bits per heavy atom. The number of phenols is 1. The number of hydrogen-bond acceptors (Lipinski definition) is 2. The summed E-state index contributed by atoms with van der Waals surface area (Å²) in [5, 5.41) is 20.0. The summed E-state index contributed by atoms with van der Waals surface area (Å²) < 4.78 is 0. The molecule has 0 fully saturated rings. The first-order chi connectivity index (χ1) is 13.3. The van der Waals surface area contributed by atoms with Crippen molar-refractivity contribution in [3.63, 3.8) is 0 Å². The molecule has 0 spiro atoms. The number of rotatable bonds is 3. The average Bonchev–Trinajstić information content (AvgIpc) is 2.75. The molecule has 1 N–H and O–H groups in total. The van der Waals surface area contributed by atoms with Gasteiger partial charge in [-0.2, -0.15) is 5.26 Å². The van der Waals surface area contributed by atoms with Crippen LogP contribution < -0.4 is 0 Å². The molecule has 0 aliphatic rings. The van der Waals surface area contributed by atoms with E-state index in [0.29, 0.717) is 5.56 Å². The van der Waals surface area contributed by atoms with E-state index in [-0.39, 0.29) is 5.75 Å². The SMILES string of the molecule is N#Cc1ccc(-c2cc(-c3ccccc3)c(O)c(-c3ccccc3)c2)cc1. The molecule has 4 aromatic rings. The maximum absolute atomic E-state index is 11.0. The van der Waals surface area contributed by atoms with E-state index in [2.05, 4.69) is 6.07 Å². The summed E-state index contributed by atoms with van der Waals surface area (Å²) in [6.45, 7) is 0. The highest BCUT2D eigenvalue weighted by atomic mass is 16.3. The van der Waals surface area contributed by atoms with E-state index >= 15 is 0 Å². The van der Waals surface area contributed by atoms with Gasteiger partial charge in [0.05, 0.1) is 11.6 Å². The Labute approximate surface area is 158 Å². The fourth-order valence-corrected chi connectivity index (χ4v) is 3.21. The lowest BCUT2D eigenvalue weighted by Crippen LogP contribution is -1.88. The average molecular weight is 347 g/mol. The third-order valence-electron chi connectivity index (χ3n) is 4.63. The van der Waals surface area contributed by atoms with Crippen molar-refractivity contribution in [2.24, 2.45) is 0 Å². The van der Waals surface area contributed by atoms with E-state index in [1.54, 1.807) is 0 Å². The van der Waals surface area contributed by atoms with Crippen molar-refractivity contribution in [1.82, 2.24) is 0 Å². The molecular weight excluding hydrogens is 330 g/mol. The first-order valence-corrected chi connectivity index (χ1v) is 8.74. The normalized spacial score (nSPS) is 10.3. The molecule has 0 amide bonds. The van der Waals surface area contributed by atoms with Crippen LogP contribution in [0.1, 0.15) is 5.56 Å². The monoisotopic (exact) mass is 347 g/mol. The molecule has 2 heteroatoms. The zero-order valence-corrected chi connectivity index (χ0v) is 14.6. The second kappa shape index (κ2) is 7.19. The van der Waals surface area contributed by atoms with Crippen LogP contribution in [0.2, 0.25) is 0 Å². The van der Waals surface area contributed by atoms with Crippen molar-refractivity contribution in [3.8, 4) is 45.2 Å². The molecule has 0 unspecified atom stereocenters. The molecule has 0 atom stereocenters. The Kier molecular flexibility index (Phi) is 4.43. The number of nitriles is 1. The standard InChI is InChI=1S/C25H17NO/c26-17-18-11-13-19(14-12-18)22-15-23(20-7-3-1-4-8-20)25(27)24(16-22)21-9-5-2-6-10-21/h1-16,27H. The number of aromatic hydroxyl groups is 1. The molecule has 2 nitrogen and oxygen atoms in total. The summed E-state index contributed by atoms with van der Waals surface area (Å²) >= 11 is 0. The predicted molar refractivity (Wildman–Crippen MR) is 109 cm³/mol. The number of benzene rings is 4.